The van der Waals surface area contributed by atoms with Crippen LogP contribution in [-0.4, -0.2) is 0 Å². The Balaban J connectivity index is 0.000000146. The van der Waals surface area contributed by atoms with Gasteiger partial charge in [0.1, 0.15) is 22.3 Å². The van der Waals surface area contributed by atoms with E-state index < -0.39 is 10.8 Å². The monoisotopic (exact) mass is 1760 g/mol. The summed E-state index contributed by atoms with van der Waals surface area (Å²) in [5, 5.41) is 4.49. The molecule has 138 heavy (non-hydrogen) atoms. The SMILES string of the molecule is c1ccc(-c2ccc(-c3ccc(N(c4ccc(-c5cccc6c5-c5ccccc5C6(c5ccccc5)c5ccccc5)cc4)c4cccc(-c5cccc6oc7ccccc7c56)c4)cc3)cc2)cc1.c1ccc(-c2ccc(-c3cccc(N(c4ccc(-c5cccc6c5-c5ccccc5C6(c5ccccc5)c5ccccc5)cc4)c4cccc(-c5cccc6oc7ccccc7c56)c4)c3)cc2)cc1. The Morgan fingerprint density at radius 2 is 0.384 bits per heavy atom. The summed E-state index contributed by atoms with van der Waals surface area (Å²) < 4.78 is 12.7. The summed E-state index contributed by atoms with van der Waals surface area (Å²) in [5.74, 6) is 0. The highest BCUT2D eigenvalue weighted by atomic mass is 16.3. The maximum atomic E-state index is 6.36. The summed E-state index contributed by atoms with van der Waals surface area (Å²) in [6.45, 7) is 0. The largest absolute Gasteiger partial charge is 0.456 e. The molecule has 2 aliphatic carbocycles. The Morgan fingerprint density at radius 1 is 0.145 bits per heavy atom. The van der Waals surface area contributed by atoms with Gasteiger partial charge in [0.25, 0.3) is 0 Å². The average Bonchev–Trinajstić information content (AvgIpc) is 1.53. The molecule has 4 nitrogen and oxygen atoms in total. The van der Waals surface area contributed by atoms with Crippen LogP contribution in [-0.2, 0) is 10.8 Å². The maximum Gasteiger partial charge on any atom is 0.136 e. The van der Waals surface area contributed by atoms with E-state index in [-0.39, 0.29) is 0 Å². The number of anilines is 6. The molecule has 0 aliphatic heterocycles. The summed E-state index contributed by atoms with van der Waals surface area (Å²) in [6, 6.07) is 198. The second-order valence-corrected chi connectivity index (χ2v) is 35.9. The predicted octanol–water partition coefficient (Wildman–Crippen LogP) is 36.2. The van der Waals surface area contributed by atoms with Gasteiger partial charge in [0.15, 0.2) is 0 Å². The van der Waals surface area contributed by atoms with E-state index in [0.29, 0.717) is 0 Å². The number of fused-ring (bicyclic) bond motifs is 12. The normalized spacial score (nSPS) is 12.5. The molecule has 648 valence electrons. The number of nitrogens with zero attached hydrogens (tertiary/aromatic N) is 2. The van der Waals surface area contributed by atoms with Gasteiger partial charge < -0.3 is 18.6 Å². The molecule has 0 spiro atoms. The van der Waals surface area contributed by atoms with Gasteiger partial charge in [0, 0.05) is 55.7 Å². The van der Waals surface area contributed by atoms with E-state index in [9.17, 15) is 0 Å². The second kappa shape index (κ2) is 34.9. The molecule has 2 heterocycles. The Morgan fingerprint density at radius 3 is 0.761 bits per heavy atom. The van der Waals surface area contributed by atoms with Crippen LogP contribution in [0.5, 0.6) is 0 Å². The van der Waals surface area contributed by atoms with Crippen molar-refractivity contribution < 1.29 is 8.83 Å². The van der Waals surface area contributed by atoms with Crippen molar-refractivity contribution in [2.45, 2.75) is 10.8 Å². The van der Waals surface area contributed by atoms with E-state index in [1.54, 1.807) is 0 Å². The van der Waals surface area contributed by atoms with Gasteiger partial charge in [0.05, 0.1) is 10.8 Å². The number of hydrogen-bond acceptors (Lipinski definition) is 4. The lowest BCUT2D eigenvalue weighted by atomic mass is 9.67. The lowest BCUT2D eigenvalue weighted by Gasteiger charge is -2.34. The van der Waals surface area contributed by atoms with Crippen LogP contribution in [0.2, 0.25) is 0 Å². The first kappa shape index (κ1) is 82.0. The maximum absolute atomic E-state index is 6.36. The molecule has 0 N–H and O–H groups in total. The van der Waals surface area contributed by atoms with Crippen LogP contribution in [0.3, 0.4) is 0 Å². The van der Waals surface area contributed by atoms with Gasteiger partial charge >= 0.3 is 0 Å². The van der Waals surface area contributed by atoms with Crippen molar-refractivity contribution in [1.29, 1.82) is 0 Å². The summed E-state index contributed by atoms with van der Waals surface area (Å²) in [5.41, 5.74) is 43.2. The Bertz CT molecular complexity index is 8550. The van der Waals surface area contributed by atoms with Gasteiger partial charge in [-0.2, -0.15) is 0 Å². The lowest BCUT2D eigenvalue weighted by molar-refractivity contribution is 0.668. The minimum absolute atomic E-state index is 0.463. The molecule has 0 amide bonds. The fourth-order valence-electron chi connectivity index (χ4n) is 22.2. The lowest BCUT2D eigenvalue weighted by Crippen LogP contribution is -2.28. The van der Waals surface area contributed by atoms with Crippen LogP contribution in [0.15, 0.2) is 555 Å². The molecule has 4 heteroatoms. The van der Waals surface area contributed by atoms with E-state index in [4.69, 9.17) is 8.83 Å². The van der Waals surface area contributed by atoms with Crippen molar-refractivity contribution in [3.05, 3.63) is 590 Å². The van der Waals surface area contributed by atoms with Crippen molar-refractivity contribution >= 4 is 78.0 Å². The topological polar surface area (TPSA) is 32.8 Å². The molecule has 0 saturated carbocycles. The van der Waals surface area contributed by atoms with Gasteiger partial charge in [-0.25, -0.2) is 0 Å². The van der Waals surface area contributed by atoms with Gasteiger partial charge in [-0.05, 0) is 253 Å². The molecule has 24 aromatic rings. The van der Waals surface area contributed by atoms with Crippen molar-refractivity contribution in [2.75, 3.05) is 9.80 Å². The first-order valence-electron chi connectivity index (χ1n) is 47.5. The fraction of sp³-hybridized carbons (Fsp3) is 0.0149. The summed E-state index contributed by atoms with van der Waals surface area (Å²) in [4.78, 5) is 4.77. The zero-order valence-corrected chi connectivity index (χ0v) is 75.7. The van der Waals surface area contributed by atoms with Crippen LogP contribution < -0.4 is 9.80 Å². The third-order valence-corrected chi connectivity index (χ3v) is 28.4. The molecular formula is C134H90N2O2. The third kappa shape index (κ3) is 14.2. The van der Waals surface area contributed by atoms with E-state index in [1.807, 2.05) is 18.2 Å². The number of hydrogen-bond donors (Lipinski definition) is 0. The van der Waals surface area contributed by atoms with Crippen LogP contribution in [0.25, 0.3) is 155 Å². The van der Waals surface area contributed by atoms with E-state index in [0.717, 1.165) is 106 Å². The molecular weight excluding hydrogens is 1670 g/mol. The highest BCUT2D eigenvalue weighted by Gasteiger charge is 2.49. The van der Waals surface area contributed by atoms with Gasteiger partial charge in [-0.15, -0.1) is 0 Å². The van der Waals surface area contributed by atoms with Gasteiger partial charge in [0.2, 0.25) is 0 Å². The molecule has 0 bridgehead atoms. The smallest absolute Gasteiger partial charge is 0.136 e. The van der Waals surface area contributed by atoms with Crippen LogP contribution >= 0.6 is 0 Å². The first-order chi connectivity index (χ1) is 68.4. The van der Waals surface area contributed by atoms with Gasteiger partial charge in [-0.1, -0.05) is 449 Å². The van der Waals surface area contributed by atoms with Crippen LogP contribution in [0, 0.1) is 0 Å². The van der Waals surface area contributed by atoms with Crippen molar-refractivity contribution in [1.82, 2.24) is 0 Å². The molecule has 0 saturated heterocycles. The molecule has 0 unspecified atom stereocenters. The van der Waals surface area contributed by atoms with E-state index in [1.165, 1.54) is 128 Å². The molecule has 0 radical (unpaired) electrons. The van der Waals surface area contributed by atoms with Crippen molar-refractivity contribution in [3.63, 3.8) is 0 Å². The average molecular weight is 1760 g/mol. The second-order valence-electron chi connectivity index (χ2n) is 35.9. The molecule has 0 fully saturated rings. The van der Waals surface area contributed by atoms with E-state index >= 15 is 0 Å². The van der Waals surface area contributed by atoms with Crippen molar-refractivity contribution in [2.24, 2.45) is 0 Å². The predicted molar refractivity (Wildman–Crippen MR) is 575 cm³/mol. The van der Waals surface area contributed by atoms with E-state index in [2.05, 4.69) is 538 Å². The van der Waals surface area contributed by atoms with Crippen molar-refractivity contribution in [3.8, 4) is 111 Å². The Hall–Kier alpha value is -18.0. The molecule has 22 aromatic carbocycles. The third-order valence-electron chi connectivity index (χ3n) is 28.4. The Kier molecular flexibility index (Phi) is 20.7. The summed E-state index contributed by atoms with van der Waals surface area (Å²) in [6.07, 6.45) is 0. The highest BCUT2D eigenvalue weighted by Crippen LogP contribution is 2.61. The minimum atomic E-state index is -0.466. The fourth-order valence-corrected chi connectivity index (χ4v) is 22.2. The zero-order valence-electron chi connectivity index (χ0n) is 75.7. The number of para-hydroxylation sites is 2. The molecule has 2 aliphatic rings. The summed E-state index contributed by atoms with van der Waals surface area (Å²) >= 11 is 0. The summed E-state index contributed by atoms with van der Waals surface area (Å²) in [7, 11) is 0. The quantitative estimate of drug-likeness (QED) is 0.0857. The minimum Gasteiger partial charge on any atom is -0.456 e. The van der Waals surface area contributed by atoms with Gasteiger partial charge in [-0.3, -0.25) is 0 Å². The molecule has 0 atom stereocenters. The zero-order chi connectivity index (χ0) is 91.5. The Labute approximate surface area is 803 Å². The number of rotatable bonds is 18. The number of furan rings is 2. The standard InChI is InChI=1S/2C67H45NO/c1-4-18-46(19-5-1)47-36-38-48(39-37-47)50-20-14-26-55(44-50)68(56-27-15-21-51(45-56)58-31-17-35-64-66(58)60-29-11-13-34-63(60)69-64)54-42-40-49(41-43-54)57-30-16-33-62-65(57)59-28-10-12-32-61(59)67(62,52-22-6-2-7-23-52)53-24-8-3-9-25-53;1-4-17-46(18-5-1)47-33-35-48(36-34-47)49-37-41-54(42-38-49)68(56-24-14-19-51(45-56)58-28-16-32-64-66(58)60-26-11-13-31-63(60)69-64)55-43-39-50(40-44-55)57-27-15-30-62-65(57)59-25-10-12-29-61(59)67(62,52-20-6-2-7-21-52)53-22-8-3-9-23-53/h2*1-45H. The highest BCUT2D eigenvalue weighted by molar-refractivity contribution is 6.14. The first-order valence-corrected chi connectivity index (χ1v) is 47.5. The number of benzene rings is 22. The molecule has 26 rings (SSSR count). The van der Waals surface area contributed by atoms with Crippen LogP contribution in [0.4, 0.5) is 34.1 Å². The van der Waals surface area contributed by atoms with Crippen LogP contribution in [0.1, 0.15) is 44.5 Å². The molecule has 2 aromatic heterocycles.